The minimum atomic E-state index is -4.81. The van der Waals surface area contributed by atoms with Gasteiger partial charge in [-0.1, -0.05) is 0 Å². The minimum Gasteiger partial charge on any atom is -0.328 e. The predicted molar refractivity (Wildman–Crippen MR) is 53.8 cm³/mol. The molecule has 0 aliphatic heterocycles. The zero-order valence-electron chi connectivity index (χ0n) is 9.36. The van der Waals surface area contributed by atoms with Gasteiger partial charge in [0.2, 0.25) is 0 Å². The van der Waals surface area contributed by atoms with Crippen LogP contribution in [0.1, 0.15) is 23.6 Å². The minimum absolute atomic E-state index is 0.0486. The van der Waals surface area contributed by atoms with Crippen molar-refractivity contribution < 1.29 is 26.3 Å². The molecule has 1 aromatic rings. The van der Waals surface area contributed by atoms with Crippen LogP contribution in [0.4, 0.5) is 26.3 Å². The summed E-state index contributed by atoms with van der Waals surface area (Å²) in [5, 5.41) is 0. The van der Waals surface area contributed by atoms with Crippen LogP contribution in [0, 0.1) is 0 Å². The number of nitrogens with two attached hydrogens (primary N) is 1. The lowest BCUT2D eigenvalue weighted by atomic mass is 10.0. The predicted octanol–water partition coefficient (Wildman–Crippen LogP) is 3.61. The van der Waals surface area contributed by atoms with E-state index in [1.165, 1.54) is 6.92 Å². The molecule has 0 aromatic heterocycles. The SMILES string of the molecule is C[C@H](N)Cc1cc(C(F)(F)F)cc(C(F)(F)F)c1. The zero-order valence-corrected chi connectivity index (χ0v) is 9.36. The summed E-state index contributed by atoms with van der Waals surface area (Å²) in [6.07, 6.45) is -9.67. The second-order valence-electron chi connectivity index (χ2n) is 4.10. The molecule has 1 nitrogen and oxygen atoms in total. The van der Waals surface area contributed by atoms with Crippen molar-refractivity contribution in [2.45, 2.75) is 31.7 Å². The van der Waals surface area contributed by atoms with Crippen LogP contribution in [-0.4, -0.2) is 6.04 Å². The van der Waals surface area contributed by atoms with Gasteiger partial charge in [-0.25, -0.2) is 0 Å². The van der Waals surface area contributed by atoms with Crippen LogP contribution in [0.3, 0.4) is 0 Å². The molecule has 0 aliphatic rings. The lowest BCUT2D eigenvalue weighted by Gasteiger charge is -2.15. The van der Waals surface area contributed by atoms with Crippen molar-refractivity contribution in [3.05, 3.63) is 34.9 Å². The number of halogens is 6. The first kappa shape index (κ1) is 14.8. The van der Waals surface area contributed by atoms with E-state index in [4.69, 9.17) is 5.73 Å². The summed E-state index contributed by atoms with van der Waals surface area (Å²) in [7, 11) is 0. The maximum atomic E-state index is 12.5. The molecule has 0 amide bonds. The average Bonchev–Trinajstić information content (AvgIpc) is 2.13. The van der Waals surface area contributed by atoms with Crippen molar-refractivity contribution in [2.24, 2.45) is 5.73 Å². The van der Waals surface area contributed by atoms with Gasteiger partial charge in [0.1, 0.15) is 0 Å². The summed E-state index contributed by atoms with van der Waals surface area (Å²) >= 11 is 0. The van der Waals surface area contributed by atoms with Crippen LogP contribution < -0.4 is 5.73 Å². The fraction of sp³-hybridized carbons (Fsp3) is 0.455. The Balaban J connectivity index is 3.29. The fourth-order valence-electron chi connectivity index (χ4n) is 1.51. The maximum absolute atomic E-state index is 12.5. The Bertz CT molecular complexity index is 386. The van der Waals surface area contributed by atoms with Gasteiger partial charge in [0.15, 0.2) is 0 Å². The summed E-state index contributed by atoms with van der Waals surface area (Å²) in [5.74, 6) is 0. The molecule has 102 valence electrons. The van der Waals surface area contributed by atoms with Gasteiger partial charge in [0, 0.05) is 6.04 Å². The molecule has 0 fully saturated rings. The van der Waals surface area contributed by atoms with Crippen molar-refractivity contribution in [1.82, 2.24) is 0 Å². The molecule has 1 rings (SSSR count). The Morgan fingerprint density at radius 2 is 1.33 bits per heavy atom. The molecule has 0 radical (unpaired) electrons. The third-order valence-corrected chi connectivity index (χ3v) is 2.21. The van der Waals surface area contributed by atoms with E-state index in [-0.39, 0.29) is 18.1 Å². The normalized spacial score (nSPS) is 14.7. The van der Waals surface area contributed by atoms with E-state index in [0.717, 1.165) is 0 Å². The summed E-state index contributed by atoms with van der Waals surface area (Å²) in [6.45, 7) is 1.51. The Morgan fingerprint density at radius 1 is 0.944 bits per heavy atom. The molecule has 0 spiro atoms. The lowest BCUT2D eigenvalue weighted by molar-refractivity contribution is -0.143. The zero-order chi connectivity index (χ0) is 14.1. The van der Waals surface area contributed by atoms with Crippen LogP contribution in [0.2, 0.25) is 0 Å². The van der Waals surface area contributed by atoms with Crippen LogP contribution in [0.25, 0.3) is 0 Å². The van der Waals surface area contributed by atoms with E-state index < -0.39 is 29.5 Å². The fourth-order valence-corrected chi connectivity index (χ4v) is 1.51. The summed E-state index contributed by atoms with van der Waals surface area (Å²) in [5.41, 5.74) is 2.68. The number of benzene rings is 1. The first-order chi connectivity index (χ1) is 8.00. The van der Waals surface area contributed by atoms with Crippen molar-refractivity contribution in [2.75, 3.05) is 0 Å². The largest absolute Gasteiger partial charge is 0.416 e. The second kappa shape index (κ2) is 4.79. The molecule has 1 aromatic carbocycles. The van der Waals surface area contributed by atoms with Crippen molar-refractivity contribution in [1.29, 1.82) is 0 Å². The number of rotatable bonds is 2. The molecule has 0 unspecified atom stereocenters. The third-order valence-electron chi connectivity index (χ3n) is 2.21. The van der Waals surface area contributed by atoms with E-state index in [1.807, 2.05) is 0 Å². The van der Waals surface area contributed by atoms with Gasteiger partial charge in [-0.2, -0.15) is 26.3 Å². The molecule has 18 heavy (non-hydrogen) atoms. The highest BCUT2D eigenvalue weighted by atomic mass is 19.4. The molecule has 0 bridgehead atoms. The number of alkyl halides is 6. The molecular weight excluding hydrogens is 260 g/mol. The van der Waals surface area contributed by atoms with Crippen LogP contribution in [0.5, 0.6) is 0 Å². The Labute approximate surface area is 99.6 Å². The summed E-state index contributed by atoms with van der Waals surface area (Å²) in [4.78, 5) is 0. The Hall–Kier alpha value is -1.24. The van der Waals surface area contributed by atoms with Gasteiger partial charge in [0.25, 0.3) is 0 Å². The number of hydrogen-bond acceptors (Lipinski definition) is 1. The summed E-state index contributed by atoms with van der Waals surface area (Å²) in [6, 6.07) is 0.969. The topological polar surface area (TPSA) is 26.0 Å². The van der Waals surface area contributed by atoms with Gasteiger partial charge in [0.05, 0.1) is 11.1 Å². The lowest BCUT2D eigenvalue weighted by Crippen LogP contribution is -2.19. The van der Waals surface area contributed by atoms with Crippen molar-refractivity contribution in [3.63, 3.8) is 0 Å². The third kappa shape index (κ3) is 3.90. The number of hydrogen-bond donors (Lipinski definition) is 1. The maximum Gasteiger partial charge on any atom is 0.416 e. The molecule has 0 aliphatic carbocycles. The summed E-state index contributed by atoms with van der Waals surface area (Å²) < 4.78 is 74.8. The molecule has 1 atom stereocenters. The van der Waals surface area contributed by atoms with E-state index >= 15 is 0 Å². The van der Waals surface area contributed by atoms with Crippen molar-refractivity contribution >= 4 is 0 Å². The van der Waals surface area contributed by atoms with Crippen LogP contribution in [0.15, 0.2) is 18.2 Å². The molecule has 7 heteroatoms. The van der Waals surface area contributed by atoms with E-state index in [2.05, 4.69) is 0 Å². The Morgan fingerprint density at radius 3 is 1.61 bits per heavy atom. The molecule has 0 heterocycles. The van der Waals surface area contributed by atoms with E-state index in [9.17, 15) is 26.3 Å². The van der Waals surface area contributed by atoms with Gasteiger partial charge >= 0.3 is 12.4 Å². The Kier molecular flexibility index (Phi) is 3.95. The quantitative estimate of drug-likeness (QED) is 0.817. The van der Waals surface area contributed by atoms with E-state index in [0.29, 0.717) is 12.1 Å². The average molecular weight is 271 g/mol. The molecule has 0 saturated heterocycles. The van der Waals surface area contributed by atoms with Gasteiger partial charge in [-0.3, -0.25) is 0 Å². The highest BCUT2D eigenvalue weighted by Gasteiger charge is 2.36. The van der Waals surface area contributed by atoms with Gasteiger partial charge < -0.3 is 5.73 Å². The van der Waals surface area contributed by atoms with Crippen LogP contribution in [-0.2, 0) is 18.8 Å². The smallest absolute Gasteiger partial charge is 0.328 e. The molecular formula is C11H11F6N. The van der Waals surface area contributed by atoms with Crippen molar-refractivity contribution in [3.8, 4) is 0 Å². The van der Waals surface area contributed by atoms with Gasteiger partial charge in [-0.05, 0) is 37.1 Å². The first-order valence-corrected chi connectivity index (χ1v) is 5.04. The standard InChI is InChI=1S/C11H11F6N/c1-6(18)2-7-3-8(10(12,13)14)5-9(4-7)11(15,16)17/h3-6H,2,18H2,1H3/t6-/m0/s1. The monoisotopic (exact) mass is 271 g/mol. The van der Waals surface area contributed by atoms with Crippen LogP contribution >= 0.6 is 0 Å². The van der Waals surface area contributed by atoms with Gasteiger partial charge in [-0.15, -0.1) is 0 Å². The van der Waals surface area contributed by atoms with E-state index in [1.54, 1.807) is 0 Å². The molecule has 2 N–H and O–H groups in total. The highest BCUT2D eigenvalue weighted by Crippen LogP contribution is 2.36. The highest BCUT2D eigenvalue weighted by molar-refractivity contribution is 5.34. The first-order valence-electron chi connectivity index (χ1n) is 5.04. The molecule has 0 saturated carbocycles. The second-order valence-corrected chi connectivity index (χ2v) is 4.10.